The SMILES string of the molecule is CNc1ncc(Br)cc1S(=O)(=O)Nc1nc(C)co1. The Labute approximate surface area is 118 Å². The van der Waals surface area contributed by atoms with Gasteiger partial charge in [0.2, 0.25) is 0 Å². The van der Waals surface area contributed by atoms with E-state index in [9.17, 15) is 8.42 Å². The number of oxazole rings is 1. The second-order valence-corrected chi connectivity index (χ2v) is 6.22. The van der Waals surface area contributed by atoms with Gasteiger partial charge in [-0.05, 0) is 28.9 Å². The van der Waals surface area contributed by atoms with E-state index in [1.165, 1.54) is 18.5 Å². The summed E-state index contributed by atoms with van der Waals surface area (Å²) in [5, 5.41) is 2.72. The van der Waals surface area contributed by atoms with Gasteiger partial charge in [0.15, 0.2) is 0 Å². The van der Waals surface area contributed by atoms with E-state index in [1.807, 2.05) is 0 Å². The van der Waals surface area contributed by atoms with Gasteiger partial charge >= 0.3 is 6.01 Å². The molecule has 0 radical (unpaired) electrons. The fourth-order valence-corrected chi connectivity index (χ4v) is 2.99. The standard InChI is InChI=1S/C10H11BrN4O3S/c1-6-5-18-10(14-6)15-19(16,17)8-3-7(11)4-13-9(8)12-2/h3-5H,1-2H3,(H,12,13)(H,14,15). The molecule has 0 saturated heterocycles. The molecule has 0 aliphatic rings. The van der Waals surface area contributed by atoms with Crippen LogP contribution < -0.4 is 10.0 Å². The molecule has 2 aromatic heterocycles. The Bertz CT molecular complexity index is 699. The van der Waals surface area contributed by atoms with E-state index >= 15 is 0 Å². The van der Waals surface area contributed by atoms with Crippen LogP contribution in [-0.2, 0) is 10.0 Å². The number of sulfonamides is 1. The van der Waals surface area contributed by atoms with E-state index in [-0.39, 0.29) is 16.7 Å². The summed E-state index contributed by atoms with van der Waals surface area (Å²) in [4.78, 5) is 7.87. The van der Waals surface area contributed by atoms with E-state index in [2.05, 4.69) is 35.9 Å². The van der Waals surface area contributed by atoms with Crippen LogP contribution in [0, 0.1) is 6.92 Å². The average Bonchev–Trinajstić information content (AvgIpc) is 2.74. The minimum atomic E-state index is -3.83. The van der Waals surface area contributed by atoms with Gasteiger partial charge in [-0.1, -0.05) is 0 Å². The monoisotopic (exact) mass is 346 g/mol. The smallest absolute Gasteiger partial charge is 0.309 e. The topological polar surface area (TPSA) is 97.1 Å². The highest BCUT2D eigenvalue weighted by atomic mass is 79.9. The van der Waals surface area contributed by atoms with E-state index in [0.29, 0.717) is 10.2 Å². The Kier molecular flexibility index (Phi) is 3.76. The first-order valence-corrected chi connectivity index (χ1v) is 7.48. The van der Waals surface area contributed by atoms with Crippen molar-refractivity contribution in [2.75, 3.05) is 17.1 Å². The lowest BCUT2D eigenvalue weighted by atomic mass is 10.4. The summed E-state index contributed by atoms with van der Waals surface area (Å²) in [5.74, 6) is 0.235. The first-order chi connectivity index (χ1) is 8.92. The molecule has 2 rings (SSSR count). The van der Waals surface area contributed by atoms with Crippen molar-refractivity contribution < 1.29 is 12.8 Å². The van der Waals surface area contributed by atoms with E-state index in [1.54, 1.807) is 14.0 Å². The Morgan fingerprint density at radius 2 is 2.16 bits per heavy atom. The quantitative estimate of drug-likeness (QED) is 0.878. The van der Waals surface area contributed by atoms with Gasteiger partial charge in [0.25, 0.3) is 10.0 Å². The van der Waals surface area contributed by atoms with Gasteiger partial charge in [-0.25, -0.2) is 18.1 Å². The first-order valence-electron chi connectivity index (χ1n) is 5.20. The Balaban J connectivity index is 2.41. The third-order valence-corrected chi connectivity index (χ3v) is 3.95. The lowest BCUT2D eigenvalue weighted by Gasteiger charge is -2.09. The van der Waals surface area contributed by atoms with Gasteiger partial charge in [-0.2, -0.15) is 4.98 Å². The number of hydrogen-bond donors (Lipinski definition) is 2. The van der Waals surface area contributed by atoms with Crippen molar-refractivity contribution in [2.24, 2.45) is 0 Å². The third kappa shape index (κ3) is 3.04. The fourth-order valence-electron chi connectivity index (χ4n) is 1.38. The van der Waals surface area contributed by atoms with Crippen LogP contribution >= 0.6 is 15.9 Å². The maximum Gasteiger partial charge on any atom is 0.309 e. The molecule has 0 fully saturated rings. The lowest BCUT2D eigenvalue weighted by Crippen LogP contribution is -2.15. The summed E-state index contributed by atoms with van der Waals surface area (Å²) >= 11 is 3.19. The van der Waals surface area contributed by atoms with Gasteiger partial charge in [0, 0.05) is 17.7 Å². The number of aryl methyl sites for hydroxylation is 1. The molecule has 0 amide bonds. The number of anilines is 2. The number of halogens is 1. The molecule has 2 heterocycles. The summed E-state index contributed by atoms with van der Waals surface area (Å²) in [6.45, 7) is 1.70. The molecular formula is C10H11BrN4O3S. The molecular weight excluding hydrogens is 336 g/mol. The van der Waals surface area contributed by atoms with Crippen LogP contribution in [0.1, 0.15) is 5.69 Å². The molecule has 0 unspecified atom stereocenters. The van der Waals surface area contributed by atoms with Gasteiger partial charge in [0.1, 0.15) is 17.0 Å². The van der Waals surface area contributed by atoms with Crippen molar-refractivity contribution in [3.05, 3.63) is 28.7 Å². The minimum absolute atomic E-state index is 0.000211. The van der Waals surface area contributed by atoms with E-state index in [4.69, 9.17) is 4.42 Å². The molecule has 0 spiro atoms. The van der Waals surface area contributed by atoms with Crippen LogP contribution in [0.25, 0.3) is 0 Å². The zero-order valence-electron chi connectivity index (χ0n) is 10.1. The largest absolute Gasteiger partial charge is 0.431 e. The van der Waals surface area contributed by atoms with Crippen molar-refractivity contribution in [2.45, 2.75) is 11.8 Å². The molecule has 2 N–H and O–H groups in total. The normalized spacial score (nSPS) is 11.3. The number of aromatic nitrogens is 2. The maximum atomic E-state index is 12.2. The van der Waals surface area contributed by atoms with E-state index in [0.717, 1.165) is 0 Å². The molecule has 0 bridgehead atoms. The second-order valence-electron chi connectivity index (χ2n) is 3.65. The van der Waals surface area contributed by atoms with E-state index < -0.39 is 10.0 Å². The average molecular weight is 347 g/mol. The highest BCUT2D eigenvalue weighted by Crippen LogP contribution is 2.24. The zero-order chi connectivity index (χ0) is 14.0. The van der Waals surface area contributed by atoms with Gasteiger partial charge in [-0.15, -0.1) is 0 Å². The first kappa shape index (κ1) is 13.8. The van der Waals surface area contributed by atoms with Gasteiger partial charge < -0.3 is 9.73 Å². The zero-order valence-corrected chi connectivity index (χ0v) is 12.5. The third-order valence-electron chi connectivity index (χ3n) is 2.19. The number of nitrogens with zero attached hydrogens (tertiary/aromatic N) is 2. The van der Waals surface area contributed by atoms with Crippen LogP contribution in [0.5, 0.6) is 0 Å². The molecule has 0 aromatic carbocycles. The van der Waals surface area contributed by atoms with Crippen molar-refractivity contribution in [3.63, 3.8) is 0 Å². The summed E-state index contributed by atoms with van der Waals surface area (Å²) < 4.78 is 32.2. The highest BCUT2D eigenvalue weighted by molar-refractivity contribution is 9.10. The Morgan fingerprint density at radius 3 is 2.74 bits per heavy atom. The number of hydrogen-bond acceptors (Lipinski definition) is 6. The molecule has 9 heteroatoms. The molecule has 0 aliphatic carbocycles. The van der Waals surface area contributed by atoms with Crippen LogP contribution in [-0.4, -0.2) is 25.4 Å². The van der Waals surface area contributed by atoms with Crippen LogP contribution in [0.4, 0.5) is 11.8 Å². The molecule has 7 nitrogen and oxygen atoms in total. The predicted octanol–water partition coefficient (Wildman–Crippen LogP) is 1.98. The molecule has 2 aromatic rings. The lowest BCUT2D eigenvalue weighted by molar-refractivity contribution is 0.569. The predicted molar refractivity (Wildman–Crippen MR) is 73.5 cm³/mol. The molecule has 19 heavy (non-hydrogen) atoms. The summed E-state index contributed by atoms with van der Waals surface area (Å²) in [7, 11) is -2.24. The van der Waals surface area contributed by atoms with Crippen molar-refractivity contribution in [3.8, 4) is 0 Å². The van der Waals surface area contributed by atoms with Crippen molar-refractivity contribution >= 4 is 37.8 Å². The molecule has 0 aliphatic heterocycles. The Morgan fingerprint density at radius 1 is 1.42 bits per heavy atom. The van der Waals surface area contributed by atoms with Crippen LogP contribution in [0.2, 0.25) is 0 Å². The van der Waals surface area contributed by atoms with Gasteiger partial charge in [0.05, 0.1) is 5.69 Å². The van der Waals surface area contributed by atoms with Crippen molar-refractivity contribution in [1.82, 2.24) is 9.97 Å². The number of nitrogens with one attached hydrogen (secondary N) is 2. The second kappa shape index (κ2) is 5.17. The summed E-state index contributed by atoms with van der Waals surface area (Å²) in [6, 6.07) is 1.36. The van der Waals surface area contributed by atoms with Crippen LogP contribution in [0.3, 0.4) is 0 Å². The summed E-state index contributed by atoms with van der Waals surface area (Å²) in [6.07, 6.45) is 2.86. The van der Waals surface area contributed by atoms with Crippen molar-refractivity contribution in [1.29, 1.82) is 0 Å². The molecule has 102 valence electrons. The molecule has 0 atom stereocenters. The number of rotatable bonds is 4. The summed E-state index contributed by atoms with van der Waals surface area (Å²) in [5.41, 5.74) is 0.582. The number of pyridine rings is 1. The highest BCUT2D eigenvalue weighted by Gasteiger charge is 2.21. The Hall–Kier alpha value is -1.61. The van der Waals surface area contributed by atoms with Crippen LogP contribution in [0.15, 0.2) is 32.3 Å². The maximum absolute atomic E-state index is 12.2. The van der Waals surface area contributed by atoms with Gasteiger partial charge in [-0.3, -0.25) is 0 Å². The minimum Gasteiger partial charge on any atom is -0.431 e. The molecule has 0 saturated carbocycles. The fraction of sp³-hybridized carbons (Fsp3) is 0.200.